The van der Waals surface area contributed by atoms with Crippen LogP contribution in [0.25, 0.3) is 11.1 Å². The van der Waals surface area contributed by atoms with Crippen LogP contribution in [0.3, 0.4) is 0 Å². The largest absolute Gasteiger partial charge is 0.472 e. The van der Waals surface area contributed by atoms with Crippen LogP contribution in [0.4, 0.5) is 0 Å². The van der Waals surface area contributed by atoms with E-state index in [1.165, 1.54) is 12.5 Å². The van der Waals surface area contributed by atoms with Crippen LogP contribution in [0.2, 0.25) is 0 Å². The molecule has 0 fully saturated rings. The Kier molecular flexibility index (Phi) is 2.42. The molecular weight excluding hydrogens is 218 g/mol. The summed E-state index contributed by atoms with van der Waals surface area (Å²) in [5.41, 5.74) is 2.27. The second kappa shape index (κ2) is 4.07. The summed E-state index contributed by atoms with van der Waals surface area (Å²) in [5, 5.41) is 9.93. The number of hydrogen-bond acceptors (Lipinski definition) is 4. The minimum atomic E-state index is -0.651. The Hall–Kier alpha value is -2.07. The zero-order valence-electron chi connectivity index (χ0n) is 9.04. The van der Waals surface area contributed by atoms with Gasteiger partial charge >= 0.3 is 0 Å². The van der Waals surface area contributed by atoms with Gasteiger partial charge in [-0.15, -0.1) is 0 Å². The molecule has 0 saturated carbocycles. The number of aliphatic hydroxyl groups excluding tert-OH is 1. The number of furan rings is 1. The molecule has 0 aliphatic carbocycles. The first-order valence-corrected chi connectivity index (χ1v) is 5.37. The number of rotatable bonds is 3. The lowest BCUT2D eigenvalue weighted by atomic mass is 10.1. The molecule has 1 atom stereocenters. The summed E-state index contributed by atoms with van der Waals surface area (Å²) in [7, 11) is 0. The van der Waals surface area contributed by atoms with Gasteiger partial charge in [0.15, 0.2) is 11.5 Å². The first-order chi connectivity index (χ1) is 8.33. The minimum absolute atomic E-state index is 0.341. The topological polar surface area (TPSA) is 59.4 Å². The Labute approximate surface area is 97.5 Å². The Balaban J connectivity index is 1.85. The summed E-state index contributed by atoms with van der Waals surface area (Å²) in [6.45, 7) is 0. The van der Waals surface area contributed by atoms with E-state index in [-0.39, 0.29) is 0 Å². The van der Waals surface area contributed by atoms with Crippen molar-refractivity contribution in [1.29, 1.82) is 0 Å². The molecule has 4 nitrogen and oxygen atoms in total. The highest BCUT2D eigenvalue weighted by molar-refractivity contribution is 5.72. The van der Waals surface area contributed by atoms with E-state index in [9.17, 15) is 5.11 Å². The van der Waals surface area contributed by atoms with Crippen molar-refractivity contribution in [2.45, 2.75) is 12.5 Å². The third-order valence-electron chi connectivity index (χ3n) is 2.63. The number of para-hydroxylation sites is 2. The van der Waals surface area contributed by atoms with Crippen LogP contribution >= 0.6 is 0 Å². The maximum atomic E-state index is 9.93. The summed E-state index contributed by atoms with van der Waals surface area (Å²) in [5.74, 6) is 0.528. The molecule has 0 saturated heterocycles. The molecule has 0 aliphatic heterocycles. The molecule has 0 aliphatic rings. The van der Waals surface area contributed by atoms with Gasteiger partial charge in [0, 0.05) is 5.56 Å². The molecule has 0 radical (unpaired) electrons. The normalized spacial score (nSPS) is 13.0. The van der Waals surface area contributed by atoms with Gasteiger partial charge in [-0.25, -0.2) is 4.98 Å². The number of aromatic nitrogens is 1. The zero-order valence-corrected chi connectivity index (χ0v) is 9.04. The maximum Gasteiger partial charge on any atom is 0.198 e. The van der Waals surface area contributed by atoms with Crippen molar-refractivity contribution < 1.29 is 13.9 Å². The van der Waals surface area contributed by atoms with E-state index in [0.717, 1.165) is 16.7 Å². The van der Waals surface area contributed by atoms with E-state index < -0.39 is 6.10 Å². The lowest BCUT2D eigenvalue weighted by Gasteiger charge is -2.03. The monoisotopic (exact) mass is 229 g/mol. The third kappa shape index (κ3) is 1.94. The second-order valence-electron chi connectivity index (χ2n) is 3.85. The van der Waals surface area contributed by atoms with Crippen LogP contribution in [0.15, 0.2) is 51.7 Å². The van der Waals surface area contributed by atoms with E-state index in [2.05, 4.69) is 4.98 Å². The van der Waals surface area contributed by atoms with Gasteiger partial charge in [0.1, 0.15) is 5.52 Å². The van der Waals surface area contributed by atoms with Crippen LogP contribution in [-0.4, -0.2) is 10.1 Å². The molecule has 86 valence electrons. The van der Waals surface area contributed by atoms with Crippen LogP contribution in [-0.2, 0) is 6.42 Å². The average Bonchev–Trinajstić information content (AvgIpc) is 2.97. The molecule has 0 bridgehead atoms. The SMILES string of the molecule is OC(Cc1nc2ccccc2o1)c1ccoc1. The number of aliphatic hydroxyl groups is 1. The molecule has 0 amide bonds. The summed E-state index contributed by atoms with van der Waals surface area (Å²) in [4.78, 5) is 4.31. The standard InChI is InChI=1S/C13H11NO3/c15-11(9-5-6-16-8-9)7-13-14-10-3-1-2-4-12(10)17-13/h1-6,8,11,15H,7H2. The summed E-state index contributed by atoms with van der Waals surface area (Å²) < 4.78 is 10.5. The van der Waals surface area contributed by atoms with Crippen LogP contribution in [0.1, 0.15) is 17.6 Å². The molecular formula is C13H11NO3. The third-order valence-corrected chi connectivity index (χ3v) is 2.63. The number of oxazole rings is 1. The molecule has 2 aromatic heterocycles. The predicted molar refractivity (Wildman–Crippen MR) is 61.4 cm³/mol. The van der Waals surface area contributed by atoms with Gasteiger partial charge in [0.05, 0.1) is 25.1 Å². The van der Waals surface area contributed by atoms with Crippen molar-refractivity contribution in [2.24, 2.45) is 0 Å². The Bertz CT molecular complexity index is 579. The molecule has 2 heterocycles. The van der Waals surface area contributed by atoms with Gasteiger partial charge in [-0.1, -0.05) is 12.1 Å². The van der Waals surface area contributed by atoms with Gasteiger partial charge in [-0.05, 0) is 18.2 Å². The molecule has 0 spiro atoms. The van der Waals surface area contributed by atoms with Crippen molar-refractivity contribution in [1.82, 2.24) is 4.98 Å². The van der Waals surface area contributed by atoms with Gasteiger partial charge < -0.3 is 13.9 Å². The first kappa shape index (κ1) is 10.1. The van der Waals surface area contributed by atoms with E-state index in [1.807, 2.05) is 24.3 Å². The van der Waals surface area contributed by atoms with Gasteiger partial charge in [-0.3, -0.25) is 0 Å². The van der Waals surface area contributed by atoms with Crippen LogP contribution < -0.4 is 0 Å². The van der Waals surface area contributed by atoms with E-state index in [1.54, 1.807) is 6.07 Å². The Morgan fingerprint density at radius 1 is 1.24 bits per heavy atom. The molecule has 1 aromatic carbocycles. The molecule has 3 aromatic rings. The lowest BCUT2D eigenvalue weighted by Crippen LogP contribution is -2.00. The molecule has 3 rings (SSSR count). The molecule has 1 unspecified atom stereocenters. The molecule has 4 heteroatoms. The van der Waals surface area contributed by atoms with Crippen molar-refractivity contribution in [3.8, 4) is 0 Å². The molecule has 1 N–H and O–H groups in total. The number of benzene rings is 1. The lowest BCUT2D eigenvalue weighted by molar-refractivity contribution is 0.168. The minimum Gasteiger partial charge on any atom is -0.472 e. The summed E-state index contributed by atoms with van der Waals surface area (Å²) in [6.07, 6.45) is 2.74. The quantitative estimate of drug-likeness (QED) is 0.750. The van der Waals surface area contributed by atoms with Crippen LogP contribution in [0, 0.1) is 0 Å². The van der Waals surface area contributed by atoms with Gasteiger partial charge in [-0.2, -0.15) is 0 Å². The second-order valence-corrected chi connectivity index (χ2v) is 3.85. The maximum absolute atomic E-state index is 9.93. The highest BCUT2D eigenvalue weighted by Gasteiger charge is 2.14. The highest BCUT2D eigenvalue weighted by Crippen LogP contribution is 2.21. The average molecular weight is 229 g/mol. The highest BCUT2D eigenvalue weighted by atomic mass is 16.4. The first-order valence-electron chi connectivity index (χ1n) is 5.37. The van der Waals surface area contributed by atoms with Crippen molar-refractivity contribution in [2.75, 3.05) is 0 Å². The van der Waals surface area contributed by atoms with E-state index in [4.69, 9.17) is 8.83 Å². The Morgan fingerprint density at radius 3 is 2.88 bits per heavy atom. The van der Waals surface area contributed by atoms with Crippen molar-refractivity contribution in [3.63, 3.8) is 0 Å². The van der Waals surface area contributed by atoms with Crippen molar-refractivity contribution >= 4 is 11.1 Å². The van der Waals surface area contributed by atoms with Crippen LogP contribution in [0.5, 0.6) is 0 Å². The fourth-order valence-corrected chi connectivity index (χ4v) is 1.76. The molecule has 17 heavy (non-hydrogen) atoms. The number of fused-ring (bicyclic) bond motifs is 1. The predicted octanol–water partition coefficient (Wildman–Crippen LogP) is 2.70. The summed E-state index contributed by atoms with van der Waals surface area (Å²) >= 11 is 0. The van der Waals surface area contributed by atoms with E-state index in [0.29, 0.717) is 12.3 Å². The van der Waals surface area contributed by atoms with Gasteiger partial charge in [0.2, 0.25) is 0 Å². The van der Waals surface area contributed by atoms with E-state index >= 15 is 0 Å². The number of hydrogen-bond donors (Lipinski definition) is 1. The van der Waals surface area contributed by atoms with Gasteiger partial charge in [0.25, 0.3) is 0 Å². The summed E-state index contributed by atoms with van der Waals surface area (Å²) in [6, 6.07) is 9.26. The number of nitrogens with zero attached hydrogens (tertiary/aromatic N) is 1. The fraction of sp³-hybridized carbons (Fsp3) is 0.154. The Morgan fingerprint density at radius 2 is 2.12 bits per heavy atom. The zero-order chi connectivity index (χ0) is 11.7. The smallest absolute Gasteiger partial charge is 0.198 e. The van der Waals surface area contributed by atoms with Crippen molar-refractivity contribution in [3.05, 3.63) is 54.3 Å². The fourth-order valence-electron chi connectivity index (χ4n) is 1.76.